The number of hydrogen-bond acceptors (Lipinski definition) is 10. The van der Waals surface area contributed by atoms with Crippen molar-refractivity contribution in [3.05, 3.63) is 0 Å². The van der Waals surface area contributed by atoms with Gasteiger partial charge >= 0.3 is 29.8 Å². The molecule has 0 aromatic heterocycles. The number of esters is 5. The fourth-order valence-corrected chi connectivity index (χ4v) is 9.42. The smallest absolute Gasteiger partial charge is 0.314 e. The molecule has 0 aliphatic heterocycles. The van der Waals surface area contributed by atoms with E-state index < -0.39 is 59.6 Å². The van der Waals surface area contributed by atoms with E-state index in [1.165, 1.54) is 6.92 Å². The van der Waals surface area contributed by atoms with Gasteiger partial charge in [0.1, 0.15) is 6.10 Å². The molecule has 0 radical (unpaired) electrons. The van der Waals surface area contributed by atoms with Crippen LogP contribution in [0.2, 0.25) is 0 Å². The summed E-state index contributed by atoms with van der Waals surface area (Å²) in [5.41, 5.74) is -2.76. The highest BCUT2D eigenvalue weighted by Gasteiger charge is 2.68. The molecule has 0 spiro atoms. The molecule has 47 heavy (non-hydrogen) atoms. The van der Waals surface area contributed by atoms with Gasteiger partial charge in [-0.1, -0.05) is 34.6 Å². The third kappa shape index (κ3) is 7.82. The fourth-order valence-electron chi connectivity index (χ4n) is 9.42. The number of fused-ring (bicyclic) bond motifs is 3. The monoisotopic (exact) mass is 664 g/mol. The molecule has 10 heteroatoms. The zero-order valence-corrected chi connectivity index (χ0v) is 31.0. The predicted molar refractivity (Wildman–Crippen MR) is 174 cm³/mol. The summed E-state index contributed by atoms with van der Waals surface area (Å²) in [6, 6.07) is 0. The standard InChI is InChI=1S/C37H60O10/c1-23(38)47-27-16-18-35(10)25(34(27,8)9)15-19-37(12)26(35)14-13-24(29(40)44-22-46-31(42)33(5,6)7)36(37,11)20-17-28(39)43-21-45-30(41)32(2,3)4/h24-27H,13-22H2,1-12H3/t24-,25+,26-,27+,35+,36-,37-/m1/s1. The van der Waals surface area contributed by atoms with Crippen molar-refractivity contribution in [1.82, 2.24) is 0 Å². The maximum absolute atomic E-state index is 13.8. The van der Waals surface area contributed by atoms with Gasteiger partial charge in [0.2, 0.25) is 13.6 Å². The Morgan fingerprint density at radius 1 is 0.681 bits per heavy atom. The van der Waals surface area contributed by atoms with Gasteiger partial charge < -0.3 is 23.7 Å². The normalized spacial score (nSPS) is 33.4. The van der Waals surface area contributed by atoms with Gasteiger partial charge in [-0.3, -0.25) is 24.0 Å². The first-order chi connectivity index (χ1) is 21.4. The van der Waals surface area contributed by atoms with E-state index in [0.29, 0.717) is 18.8 Å². The molecule has 10 nitrogen and oxygen atoms in total. The van der Waals surface area contributed by atoms with E-state index in [9.17, 15) is 24.0 Å². The summed E-state index contributed by atoms with van der Waals surface area (Å²) in [5.74, 6) is -2.12. The Hall–Kier alpha value is -2.65. The lowest BCUT2D eigenvalue weighted by Gasteiger charge is -2.70. The van der Waals surface area contributed by atoms with Crippen LogP contribution in [0.5, 0.6) is 0 Å². The zero-order chi connectivity index (χ0) is 35.8. The first-order valence-electron chi connectivity index (χ1n) is 17.2. The highest BCUT2D eigenvalue weighted by molar-refractivity contribution is 5.77. The average molecular weight is 665 g/mol. The molecule has 7 atom stereocenters. The summed E-state index contributed by atoms with van der Waals surface area (Å²) in [4.78, 5) is 63.3. The maximum Gasteiger partial charge on any atom is 0.314 e. The minimum Gasteiger partial charge on any atom is -0.462 e. The molecule has 3 fully saturated rings. The second kappa shape index (κ2) is 13.7. The molecule has 0 bridgehead atoms. The Balaban J connectivity index is 1.88. The van der Waals surface area contributed by atoms with Crippen molar-refractivity contribution in [2.24, 2.45) is 50.2 Å². The van der Waals surface area contributed by atoms with E-state index >= 15 is 0 Å². The SMILES string of the molecule is CC(=O)O[C@H]1CC[C@]2(C)[C@H]3CC[C@H](C(=O)OCOC(=O)C(C)(C)C)[C@@](C)(CCC(=O)OCOC(=O)C(C)(C)C)[C@]3(C)CC[C@H]2C1(C)C. The van der Waals surface area contributed by atoms with Crippen LogP contribution in [0.25, 0.3) is 0 Å². The van der Waals surface area contributed by atoms with Crippen molar-refractivity contribution in [2.75, 3.05) is 13.6 Å². The Morgan fingerprint density at radius 2 is 1.23 bits per heavy atom. The minimum absolute atomic E-state index is 0.0365. The van der Waals surface area contributed by atoms with Crippen LogP contribution in [0, 0.1) is 50.2 Å². The molecule has 0 aromatic carbocycles. The molecule has 0 N–H and O–H groups in total. The van der Waals surface area contributed by atoms with Crippen LogP contribution in [0.15, 0.2) is 0 Å². The van der Waals surface area contributed by atoms with Gasteiger partial charge in [0.05, 0.1) is 16.7 Å². The van der Waals surface area contributed by atoms with Crippen molar-refractivity contribution in [3.63, 3.8) is 0 Å². The molecule has 3 rings (SSSR count). The van der Waals surface area contributed by atoms with Crippen LogP contribution in [0.3, 0.4) is 0 Å². The number of carbonyl (C=O) groups excluding carboxylic acids is 5. The molecule has 0 aromatic rings. The highest BCUT2D eigenvalue weighted by Crippen LogP contribution is 2.73. The molecule has 268 valence electrons. The Kier molecular flexibility index (Phi) is 11.3. The van der Waals surface area contributed by atoms with E-state index in [1.54, 1.807) is 41.5 Å². The van der Waals surface area contributed by atoms with Crippen LogP contribution in [-0.4, -0.2) is 49.5 Å². The van der Waals surface area contributed by atoms with Gasteiger partial charge in [0.25, 0.3) is 0 Å². The largest absolute Gasteiger partial charge is 0.462 e. The topological polar surface area (TPSA) is 132 Å². The highest BCUT2D eigenvalue weighted by atomic mass is 16.7. The fraction of sp³-hybridized carbons (Fsp3) is 0.865. The molecule has 0 unspecified atom stereocenters. The molecule has 0 amide bonds. The number of carbonyl (C=O) groups is 5. The lowest BCUT2D eigenvalue weighted by molar-refractivity contribution is -0.235. The second-order valence-electron chi connectivity index (χ2n) is 17.7. The van der Waals surface area contributed by atoms with Crippen LogP contribution in [0.4, 0.5) is 0 Å². The van der Waals surface area contributed by atoms with Gasteiger partial charge in [0, 0.05) is 18.8 Å². The van der Waals surface area contributed by atoms with E-state index in [-0.39, 0.29) is 40.7 Å². The number of rotatable bonds is 9. The molecule has 0 heterocycles. The maximum atomic E-state index is 13.8. The summed E-state index contributed by atoms with van der Waals surface area (Å²) in [6.45, 7) is 22.1. The van der Waals surface area contributed by atoms with Crippen molar-refractivity contribution in [2.45, 2.75) is 141 Å². The Morgan fingerprint density at radius 3 is 1.77 bits per heavy atom. The van der Waals surface area contributed by atoms with Crippen molar-refractivity contribution < 1.29 is 47.7 Å². The molecular weight excluding hydrogens is 604 g/mol. The van der Waals surface area contributed by atoms with Crippen molar-refractivity contribution in [3.8, 4) is 0 Å². The summed E-state index contributed by atoms with van der Waals surface area (Å²) in [5, 5.41) is 0. The third-order valence-electron chi connectivity index (χ3n) is 12.3. The second-order valence-corrected chi connectivity index (χ2v) is 17.7. The summed E-state index contributed by atoms with van der Waals surface area (Å²) < 4.78 is 27.2. The van der Waals surface area contributed by atoms with Gasteiger partial charge in [-0.05, 0) is 115 Å². The van der Waals surface area contributed by atoms with E-state index in [4.69, 9.17) is 23.7 Å². The average Bonchev–Trinajstić information content (AvgIpc) is 2.93. The Bertz CT molecular complexity index is 1210. The lowest BCUT2D eigenvalue weighted by Crippen LogP contribution is -2.65. The Labute approximate surface area is 281 Å². The van der Waals surface area contributed by atoms with Gasteiger partial charge in [-0.2, -0.15) is 0 Å². The van der Waals surface area contributed by atoms with Gasteiger partial charge in [-0.15, -0.1) is 0 Å². The van der Waals surface area contributed by atoms with E-state index in [1.807, 2.05) is 0 Å². The zero-order valence-electron chi connectivity index (χ0n) is 31.0. The molecular formula is C37H60O10. The van der Waals surface area contributed by atoms with Crippen LogP contribution >= 0.6 is 0 Å². The predicted octanol–water partition coefficient (Wildman–Crippen LogP) is 7.15. The summed E-state index contributed by atoms with van der Waals surface area (Å²) in [7, 11) is 0. The molecule has 3 aliphatic rings. The van der Waals surface area contributed by atoms with Crippen LogP contribution < -0.4 is 0 Å². The van der Waals surface area contributed by atoms with Gasteiger partial charge in [-0.25, -0.2) is 0 Å². The minimum atomic E-state index is -0.732. The molecule has 3 saturated carbocycles. The number of hydrogen-bond donors (Lipinski definition) is 0. The number of ether oxygens (including phenoxy) is 5. The molecule has 3 aliphatic carbocycles. The summed E-state index contributed by atoms with van der Waals surface area (Å²) in [6.07, 6.45) is 5.01. The van der Waals surface area contributed by atoms with Crippen LogP contribution in [-0.2, 0) is 47.7 Å². The first-order valence-corrected chi connectivity index (χ1v) is 17.2. The van der Waals surface area contributed by atoms with Gasteiger partial charge in [0.15, 0.2) is 0 Å². The molecule has 0 saturated heterocycles. The van der Waals surface area contributed by atoms with E-state index in [2.05, 4.69) is 34.6 Å². The first kappa shape index (κ1) is 38.8. The summed E-state index contributed by atoms with van der Waals surface area (Å²) >= 11 is 0. The lowest BCUT2D eigenvalue weighted by atomic mass is 9.35. The van der Waals surface area contributed by atoms with E-state index in [0.717, 1.165) is 32.1 Å². The quantitative estimate of drug-likeness (QED) is 0.142. The van der Waals surface area contributed by atoms with Crippen molar-refractivity contribution >= 4 is 29.8 Å². The van der Waals surface area contributed by atoms with Crippen molar-refractivity contribution in [1.29, 1.82) is 0 Å². The third-order valence-corrected chi connectivity index (χ3v) is 12.3. The van der Waals surface area contributed by atoms with Crippen LogP contribution in [0.1, 0.15) is 134 Å².